The van der Waals surface area contributed by atoms with E-state index in [0.29, 0.717) is 0 Å². The highest BCUT2D eigenvalue weighted by molar-refractivity contribution is 5.85. The first-order valence-electron chi connectivity index (χ1n) is 8.78. The number of aromatic nitrogens is 2. The summed E-state index contributed by atoms with van der Waals surface area (Å²) in [4.78, 5) is 4.99. The molecule has 1 saturated heterocycles. The van der Waals surface area contributed by atoms with Crippen LogP contribution in [0, 0.1) is 0 Å². The Kier molecular flexibility index (Phi) is 7.02. The van der Waals surface area contributed by atoms with Gasteiger partial charge in [0, 0.05) is 50.4 Å². The second kappa shape index (κ2) is 8.81. The molecule has 5 nitrogen and oxygen atoms in total. The molecule has 0 amide bonds. The predicted octanol–water partition coefficient (Wildman–Crippen LogP) is 2.61. The molecule has 0 radical (unpaired) electrons. The molecule has 3 rings (SSSR count). The Hall–Kier alpha value is -1.40. The maximum absolute atomic E-state index is 4.23. The summed E-state index contributed by atoms with van der Waals surface area (Å²) >= 11 is 0. The fourth-order valence-electron chi connectivity index (χ4n) is 3.33. The average molecular weight is 364 g/mol. The second-order valence-electron chi connectivity index (χ2n) is 7.34. The van der Waals surface area contributed by atoms with E-state index >= 15 is 0 Å². The van der Waals surface area contributed by atoms with Gasteiger partial charge in [0.2, 0.25) is 0 Å². The summed E-state index contributed by atoms with van der Waals surface area (Å²) in [5.74, 6) is 0. The number of aromatic amines is 1. The average Bonchev–Trinajstić information content (AvgIpc) is 3.04. The van der Waals surface area contributed by atoms with Gasteiger partial charge in [0.25, 0.3) is 0 Å². The Balaban J connectivity index is 0.00000225. The highest BCUT2D eigenvalue weighted by Gasteiger charge is 2.28. The number of benzene rings is 1. The number of halogens is 1. The molecule has 138 valence electrons. The van der Waals surface area contributed by atoms with Gasteiger partial charge in [0.1, 0.15) is 0 Å². The van der Waals surface area contributed by atoms with Crippen LogP contribution in [0.1, 0.15) is 19.4 Å². The summed E-state index contributed by atoms with van der Waals surface area (Å²) in [7, 11) is 2.20. The van der Waals surface area contributed by atoms with Crippen LogP contribution in [0.5, 0.6) is 0 Å². The highest BCUT2D eigenvalue weighted by Crippen LogP contribution is 2.21. The van der Waals surface area contributed by atoms with Gasteiger partial charge in [-0.25, -0.2) is 0 Å². The third-order valence-electron chi connectivity index (χ3n) is 5.01. The number of hydrogen-bond donors (Lipinski definition) is 2. The standard InChI is InChI=1S/C19H29N5.ClH/c1-19(2,24-11-9-23(3)10-12-24)15-20-13-17-14-21-22-18(17)16-7-5-4-6-8-16;/h4-8,14,20H,9-13,15H2,1-3H3,(H,21,22);1H. The summed E-state index contributed by atoms with van der Waals surface area (Å²) in [5, 5.41) is 11.0. The van der Waals surface area contributed by atoms with E-state index in [1.165, 1.54) is 11.1 Å². The lowest BCUT2D eigenvalue weighted by Gasteiger charge is -2.43. The summed E-state index contributed by atoms with van der Waals surface area (Å²) < 4.78 is 0. The molecule has 6 heteroatoms. The van der Waals surface area contributed by atoms with Crippen LogP contribution in [0.3, 0.4) is 0 Å². The zero-order chi connectivity index (χ0) is 17.0. The SMILES string of the molecule is CN1CCN(C(C)(C)CNCc2cn[nH]c2-c2ccccc2)CC1.Cl. The zero-order valence-corrected chi connectivity index (χ0v) is 16.3. The molecule has 2 heterocycles. The summed E-state index contributed by atoms with van der Waals surface area (Å²) in [6.45, 7) is 11.1. The van der Waals surface area contributed by atoms with Crippen molar-refractivity contribution >= 4 is 12.4 Å². The number of H-pyrrole nitrogens is 1. The lowest BCUT2D eigenvalue weighted by atomic mass is 10.0. The van der Waals surface area contributed by atoms with Crippen molar-refractivity contribution < 1.29 is 0 Å². The molecule has 1 aromatic heterocycles. The van der Waals surface area contributed by atoms with Crippen molar-refractivity contribution in [3.63, 3.8) is 0 Å². The third kappa shape index (κ3) is 5.05. The van der Waals surface area contributed by atoms with E-state index in [0.717, 1.165) is 45.0 Å². The van der Waals surface area contributed by atoms with Gasteiger partial charge >= 0.3 is 0 Å². The van der Waals surface area contributed by atoms with Crippen molar-refractivity contribution in [3.05, 3.63) is 42.1 Å². The van der Waals surface area contributed by atoms with Crippen LogP contribution in [-0.4, -0.2) is 65.3 Å². The Bertz CT molecular complexity index is 632. The Labute approximate surface area is 157 Å². The Morgan fingerprint density at radius 1 is 1.12 bits per heavy atom. The molecule has 0 spiro atoms. The van der Waals surface area contributed by atoms with E-state index in [1.54, 1.807) is 0 Å². The molecule has 2 N–H and O–H groups in total. The number of piperazine rings is 1. The van der Waals surface area contributed by atoms with Crippen LogP contribution in [0.25, 0.3) is 11.3 Å². The molecule has 25 heavy (non-hydrogen) atoms. The number of likely N-dealkylation sites (N-methyl/N-ethyl adjacent to an activating group) is 1. The van der Waals surface area contributed by atoms with E-state index in [2.05, 4.69) is 70.5 Å². The molecular weight excluding hydrogens is 334 g/mol. The Morgan fingerprint density at radius 2 is 1.80 bits per heavy atom. The minimum atomic E-state index is 0. The van der Waals surface area contributed by atoms with Gasteiger partial charge in [0.15, 0.2) is 0 Å². The van der Waals surface area contributed by atoms with Gasteiger partial charge in [0.05, 0.1) is 11.9 Å². The lowest BCUT2D eigenvalue weighted by molar-refractivity contribution is 0.0618. The van der Waals surface area contributed by atoms with Gasteiger partial charge in [-0.1, -0.05) is 30.3 Å². The maximum atomic E-state index is 4.23. The monoisotopic (exact) mass is 363 g/mol. The van der Waals surface area contributed by atoms with E-state index < -0.39 is 0 Å². The lowest BCUT2D eigenvalue weighted by Crippen LogP contribution is -2.57. The fourth-order valence-corrected chi connectivity index (χ4v) is 3.33. The first kappa shape index (κ1) is 19.9. The number of nitrogens with one attached hydrogen (secondary N) is 2. The van der Waals surface area contributed by atoms with E-state index in [9.17, 15) is 0 Å². The van der Waals surface area contributed by atoms with E-state index in [1.807, 2.05) is 12.3 Å². The van der Waals surface area contributed by atoms with Crippen LogP contribution >= 0.6 is 12.4 Å². The maximum Gasteiger partial charge on any atom is 0.0695 e. The number of rotatable bonds is 6. The molecule has 1 aliphatic rings. The summed E-state index contributed by atoms with van der Waals surface area (Å²) in [6.07, 6.45) is 1.93. The van der Waals surface area contributed by atoms with Gasteiger partial charge in [-0.15, -0.1) is 12.4 Å². The van der Waals surface area contributed by atoms with Crippen molar-refractivity contribution in [1.29, 1.82) is 0 Å². The first-order chi connectivity index (χ1) is 11.6. The van der Waals surface area contributed by atoms with Gasteiger partial charge < -0.3 is 10.2 Å². The van der Waals surface area contributed by atoms with Crippen LogP contribution in [-0.2, 0) is 6.54 Å². The van der Waals surface area contributed by atoms with Crippen LogP contribution in [0.15, 0.2) is 36.5 Å². The topological polar surface area (TPSA) is 47.2 Å². The minimum Gasteiger partial charge on any atom is -0.311 e. The van der Waals surface area contributed by atoms with Crippen LogP contribution in [0.4, 0.5) is 0 Å². The fraction of sp³-hybridized carbons (Fsp3) is 0.526. The number of hydrogen-bond acceptors (Lipinski definition) is 4. The predicted molar refractivity (Wildman–Crippen MR) is 106 cm³/mol. The molecule has 0 aliphatic carbocycles. The van der Waals surface area contributed by atoms with Crippen molar-refractivity contribution in [3.8, 4) is 11.3 Å². The third-order valence-corrected chi connectivity index (χ3v) is 5.01. The van der Waals surface area contributed by atoms with Gasteiger partial charge in [-0.05, 0) is 26.5 Å². The normalized spacial score (nSPS) is 16.6. The minimum absolute atomic E-state index is 0. The molecule has 0 atom stereocenters. The largest absolute Gasteiger partial charge is 0.311 e. The first-order valence-corrected chi connectivity index (χ1v) is 8.78. The molecule has 1 aromatic carbocycles. The van der Waals surface area contributed by atoms with Gasteiger partial charge in [-0.2, -0.15) is 5.10 Å². The smallest absolute Gasteiger partial charge is 0.0695 e. The van der Waals surface area contributed by atoms with Crippen molar-refractivity contribution in [2.45, 2.75) is 25.9 Å². The molecule has 1 aliphatic heterocycles. The molecule has 2 aromatic rings. The summed E-state index contributed by atoms with van der Waals surface area (Å²) in [6, 6.07) is 10.4. The van der Waals surface area contributed by atoms with Crippen molar-refractivity contribution in [2.75, 3.05) is 39.8 Å². The highest BCUT2D eigenvalue weighted by atomic mass is 35.5. The van der Waals surface area contributed by atoms with E-state index in [4.69, 9.17) is 0 Å². The van der Waals surface area contributed by atoms with Crippen molar-refractivity contribution in [2.24, 2.45) is 0 Å². The molecule has 0 saturated carbocycles. The number of nitrogens with zero attached hydrogens (tertiary/aromatic N) is 3. The molecular formula is C19H30ClN5. The summed E-state index contributed by atoms with van der Waals surface area (Å²) in [5.41, 5.74) is 3.68. The van der Waals surface area contributed by atoms with Gasteiger partial charge in [-0.3, -0.25) is 10.00 Å². The Morgan fingerprint density at radius 3 is 2.48 bits per heavy atom. The van der Waals surface area contributed by atoms with Crippen LogP contribution < -0.4 is 5.32 Å². The second-order valence-corrected chi connectivity index (χ2v) is 7.34. The zero-order valence-electron chi connectivity index (χ0n) is 15.5. The van der Waals surface area contributed by atoms with Crippen LogP contribution in [0.2, 0.25) is 0 Å². The molecule has 0 unspecified atom stereocenters. The molecule has 1 fully saturated rings. The van der Waals surface area contributed by atoms with Crippen molar-refractivity contribution in [1.82, 2.24) is 25.3 Å². The van der Waals surface area contributed by atoms with E-state index in [-0.39, 0.29) is 17.9 Å². The quantitative estimate of drug-likeness (QED) is 0.828. The molecule has 0 bridgehead atoms.